The first-order chi connectivity index (χ1) is 14.2. The quantitative estimate of drug-likeness (QED) is 0.704. The molecule has 2 N–H and O–H groups in total. The number of nitrogens with zero attached hydrogens (tertiary/aromatic N) is 1. The summed E-state index contributed by atoms with van der Waals surface area (Å²) in [4.78, 5) is 24.3. The third kappa shape index (κ3) is 4.88. The standard InChI is InChI=1S/C22H21F3N2O3/c1-2-20(28)27(13-21(29)30)12-14-9-16-7-8-26-11-19(16)18(10-14)15-3-5-17(6-4-15)22(23,24)25/h2-6,9-10,26H,1,7-8,11-13H2,(H,29,30). The van der Waals surface area contributed by atoms with Crippen molar-refractivity contribution < 1.29 is 27.9 Å². The SMILES string of the molecule is C=CC(=O)N(CC(=O)O)Cc1cc2c(c(-c3ccc(C(F)(F)F)cc3)c1)CNCC2. The van der Waals surface area contributed by atoms with E-state index in [9.17, 15) is 22.8 Å². The van der Waals surface area contributed by atoms with Crippen LogP contribution in [0.1, 0.15) is 22.3 Å². The Balaban J connectivity index is 2.02. The van der Waals surface area contributed by atoms with Crippen LogP contribution in [0.3, 0.4) is 0 Å². The Labute approximate surface area is 171 Å². The first-order valence-electron chi connectivity index (χ1n) is 9.35. The maximum absolute atomic E-state index is 12.9. The average molecular weight is 418 g/mol. The average Bonchev–Trinajstić information content (AvgIpc) is 2.71. The molecule has 5 nitrogen and oxygen atoms in total. The van der Waals surface area contributed by atoms with Crippen LogP contribution >= 0.6 is 0 Å². The van der Waals surface area contributed by atoms with Gasteiger partial charge in [0.1, 0.15) is 6.54 Å². The molecule has 158 valence electrons. The number of hydrogen-bond donors (Lipinski definition) is 2. The molecule has 1 aliphatic heterocycles. The van der Waals surface area contributed by atoms with Crippen molar-refractivity contribution >= 4 is 11.9 Å². The lowest BCUT2D eigenvalue weighted by atomic mass is 9.89. The third-order valence-electron chi connectivity index (χ3n) is 4.98. The Morgan fingerprint density at radius 1 is 1.20 bits per heavy atom. The predicted octanol–water partition coefficient (Wildman–Crippen LogP) is 3.62. The minimum absolute atomic E-state index is 0.0610. The number of carboxylic acid groups (broad SMARTS) is 1. The molecule has 0 unspecified atom stereocenters. The molecule has 0 bridgehead atoms. The Hall–Kier alpha value is -3.13. The summed E-state index contributed by atoms with van der Waals surface area (Å²) in [7, 11) is 0. The van der Waals surface area contributed by atoms with Crippen LogP contribution in [0.2, 0.25) is 0 Å². The zero-order valence-corrected chi connectivity index (χ0v) is 16.1. The van der Waals surface area contributed by atoms with Gasteiger partial charge in [-0.3, -0.25) is 9.59 Å². The number of hydrogen-bond acceptors (Lipinski definition) is 3. The van der Waals surface area contributed by atoms with Gasteiger partial charge in [0.15, 0.2) is 0 Å². The molecule has 0 aromatic heterocycles. The largest absolute Gasteiger partial charge is 0.480 e. The van der Waals surface area contributed by atoms with Gasteiger partial charge in [-0.1, -0.05) is 24.8 Å². The highest BCUT2D eigenvalue weighted by Gasteiger charge is 2.30. The molecule has 0 aliphatic carbocycles. The summed E-state index contributed by atoms with van der Waals surface area (Å²) in [5.74, 6) is -1.65. The number of carbonyl (C=O) groups is 2. The van der Waals surface area contributed by atoms with Crippen molar-refractivity contribution in [3.8, 4) is 11.1 Å². The van der Waals surface area contributed by atoms with Gasteiger partial charge in [-0.2, -0.15) is 13.2 Å². The van der Waals surface area contributed by atoms with Crippen LogP contribution in [0.25, 0.3) is 11.1 Å². The molecular formula is C22H21F3N2O3. The van der Waals surface area contributed by atoms with E-state index in [1.807, 2.05) is 6.07 Å². The van der Waals surface area contributed by atoms with E-state index < -0.39 is 30.2 Å². The zero-order valence-electron chi connectivity index (χ0n) is 16.1. The first kappa shape index (κ1) is 21.6. The molecule has 2 aromatic rings. The van der Waals surface area contributed by atoms with Gasteiger partial charge in [0.25, 0.3) is 0 Å². The van der Waals surface area contributed by atoms with Gasteiger partial charge in [-0.05, 0) is 65.1 Å². The molecular weight excluding hydrogens is 397 g/mol. The Kier molecular flexibility index (Phi) is 6.26. The van der Waals surface area contributed by atoms with Crippen molar-refractivity contribution in [1.82, 2.24) is 10.2 Å². The second kappa shape index (κ2) is 8.71. The molecule has 0 fully saturated rings. The monoisotopic (exact) mass is 418 g/mol. The number of alkyl halides is 3. The minimum Gasteiger partial charge on any atom is -0.480 e. The molecule has 0 radical (unpaired) electrons. The van der Waals surface area contributed by atoms with Crippen LogP contribution in [0.5, 0.6) is 0 Å². The number of amides is 1. The normalized spacial score (nSPS) is 13.4. The van der Waals surface area contributed by atoms with E-state index in [1.54, 1.807) is 6.07 Å². The summed E-state index contributed by atoms with van der Waals surface area (Å²) >= 11 is 0. The van der Waals surface area contributed by atoms with Crippen LogP contribution in [0, 0.1) is 0 Å². The molecule has 0 atom stereocenters. The number of halogens is 3. The molecule has 1 heterocycles. The third-order valence-corrected chi connectivity index (χ3v) is 4.98. The highest BCUT2D eigenvalue weighted by Crippen LogP contribution is 2.34. The molecule has 3 rings (SSSR count). The number of benzene rings is 2. The van der Waals surface area contributed by atoms with Gasteiger partial charge in [0.05, 0.1) is 5.56 Å². The first-order valence-corrected chi connectivity index (χ1v) is 9.35. The molecule has 0 saturated heterocycles. The Bertz CT molecular complexity index is 969. The molecule has 8 heteroatoms. The van der Waals surface area contributed by atoms with E-state index in [0.29, 0.717) is 17.7 Å². The lowest BCUT2D eigenvalue weighted by Gasteiger charge is -2.25. The van der Waals surface area contributed by atoms with E-state index in [0.717, 1.165) is 52.8 Å². The van der Waals surface area contributed by atoms with E-state index in [-0.39, 0.29) is 6.54 Å². The van der Waals surface area contributed by atoms with Gasteiger partial charge in [0, 0.05) is 13.1 Å². The van der Waals surface area contributed by atoms with Crippen LogP contribution < -0.4 is 5.32 Å². The van der Waals surface area contributed by atoms with Crippen molar-refractivity contribution in [3.05, 3.63) is 71.3 Å². The fourth-order valence-electron chi connectivity index (χ4n) is 3.58. The molecule has 0 spiro atoms. The summed E-state index contributed by atoms with van der Waals surface area (Å²) in [5.41, 5.74) is 3.40. The van der Waals surface area contributed by atoms with Gasteiger partial charge in [0.2, 0.25) is 5.91 Å². The summed E-state index contributed by atoms with van der Waals surface area (Å²) in [5, 5.41) is 12.4. The highest BCUT2D eigenvalue weighted by atomic mass is 19.4. The Morgan fingerprint density at radius 2 is 1.90 bits per heavy atom. The summed E-state index contributed by atoms with van der Waals surface area (Å²) < 4.78 is 38.7. The van der Waals surface area contributed by atoms with E-state index in [1.165, 1.54) is 12.1 Å². The van der Waals surface area contributed by atoms with Crippen LogP contribution in [-0.2, 0) is 35.3 Å². The van der Waals surface area contributed by atoms with Crippen LogP contribution in [0.4, 0.5) is 13.2 Å². The topological polar surface area (TPSA) is 69.6 Å². The van der Waals surface area contributed by atoms with Crippen molar-refractivity contribution in [2.75, 3.05) is 13.1 Å². The smallest absolute Gasteiger partial charge is 0.416 e. The number of aliphatic carboxylic acids is 1. The second-order valence-corrected chi connectivity index (χ2v) is 7.08. The fourth-order valence-corrected chi connectivity index (χ4v) is 3.58. The number of carboxylic acids is 1. The molecule has 2 aromatic carbocycles. The van der Waals surface area contributed by atoms with E-state index in [4.69, 9.17) is 5.11 Å². The molecule has 1 aliphatic rings. The van der Waals surface area contributed by atoms with Crippen molar-refractivity contribution in [3.63, 3.8) is 0 Å². The molecule has 1 amide bonds. The van der Waals surface area contributed by atoms with Gasteiger partial charge in [-0.25, -0.2) is 0 Å². The van der Waals surface area contributed by atoms with E-state index >= 15 is 0 Å². The van der Waals surface area contributed by atoms with E-state index in [2.05, 4.69) is 11.9 Å². The van der Waals surface area contributed by atoms with Gasteiger partial charge in [-0.15, -0.1) is 0 Å². The van der Waals surface area contributed by atoms with Crippen LogP contribution in [0.15, 0.2) is 49.1 Å². The lowest BCUT2D eigenvalue weighted by molar-refractivity contribution is -0.143. The molecule has 0 saturated carbocycles. The van der Waals surface area contributed by atoms with Crippen molar-refractivity contribution in [2.45, 2.75) is 25.7 Å². The summed E-state index contributed by atoms with van der Waals surface area (Å²) in [6.45, 7) is 4.33. The van der Waals surface area contributed by atoms with Crippen LogP contribution in [-0.4, -0.2) is 35.0 Å². The number of nitrogens with one attached hydrogen (secondary N) is 1. The Morgan fingerprint density at radius 3 is 2.50 bits per heavy atom. The number of fused-ring (bicyclic) bond motifs is 1. The van der Waals surface area contributed by atoms with Crippen molar-refractivity contribution in [2.24, 2.45) is 0 Å². The molecule has 30 heavy (non-hydrogen) atoms. The maximum Gasteiger partial charge on any atom is 0.416 e. The predicted molar refractivity (Wildman–Crippen MR) is 106 cm³/mol. The van der Waals surface area contributed by atoms with Gasteiger partial charge < -0.3 is 15.3 Å². The number of carbonyl (C=O) groups excluding carboxylic acids is 1. The second-order valence-electron chi connectivity index (χ2n) is 7.08. The summed E-state index contributed by atoms with van der Waals surface area (Å²) in [6, 6.07) is 8.68. The fraction of sp³-hybridized carbons (Fsp3) is 0.273. The summed E-state index contributed by atoms with van der Waals surface area (Å²) in [6.07, 6.45) is -2.63. The van der Waals surface area contributed by atoms with Crippen molar-refractivity contribution in [1.29, 1.82) is 0 Å². The maximum atomic E-state index is 12.9. The highest BCUT2D eigenvalue weighted by molar-refractivity contribution is 5.89. The lowest BCUT2D eigenvalue weighted by Crippen LogP contribution is -2.34. The zero-order chi connectivity index (χ0) is 21.9. The van der Waals surface area contributed by atoms with Gasteiger partial charge >= 0.3 is 12.1 Å². The number of rotatable bonds is 6. The minimum atomic E-state index is -4.41.